The summed E-state index contributed by atoms with van der Waals surface area (Å²) in [5.41, 5.74) is 5.79. The van der Waals surface area contributed by atoms with Crippen molar-refractivity contribution in [3.05, 3.63) is 46.2 Å². The minimum Gasteiger partial charge on any atom is -0.409 e. The fourth-order valence-electron chi connectivity index (χ4n) is 1.37. The van der Waals surface area contributed by atoms with Crippen LogP contribution in [0.15, 0.2) is 34.2 Å². The number of hydrogen-bond acceptors (Lipinski definition) is 4. The van der Waals surface area contributed by atoms with Crippen molar-refractivity contribution in [2.24, 2.45) is 10.9 Å². The van der Waals surface area contributed by atoms with Crippen molar-refractivity contribution in [2.45, 2.75) is 6.54 Å². The van der Waals surface area contributed by atoms with E-state index in [0.717, 1.165) is 4.47 Å². The molecule has 2 aromatic rings. The summed E-state index contributed by atoms with van der Waals surface area (Å²) < 4.78 is 15.7. The predicted molar refractivity (Wildman–Crippen MR) is 65.7 cm³/mol. The summed E-state index contributed by atoms with van der Waals surface area (Å²) in [7, 11) is 0. The Kier molecular flexibility index (Phi) is 3.56. The average molecular weight is 314 g/mol. The molecule has 6 nitrogen and oxygen atoms in total. The van der Waals surface area contributed by atoms with Crippen LogP contribution in [0.1, 0.15) is 11.4 Å². The van der Waals surface area contributed by atoms with Gasteiger partial charge in [-0.1, -0.05) is 21.1 Å². The first-order chi connectivity index (χ1) is 8.60. The van der Waals surface area contributed by atoms with Gasteiger partial charge in [0.2, 0.25) is 11.7 Å². The second-order valence-electron chi connectivity index (χ2n) is 3.49. The SMILES string of the molecule is NC(=NO)c1ncn(Cc2cc(Br)ccc2F)n1. The van der Waals surface area contributed by atoms with Gasteiger partial charge in [0, 0.05) is 10.0 Å². The van der Waals surface area contributed by atoms with Crippen LogP contribution in [0, 0.1) is 5.82 Å². The van der Waals surface area contributed by atoms with Gasteiger partial charge >= 0.3 is 0 Å². The molecule has 94 valence electrons. The van der Waals surface area contributed by atoms with E-state index in [1.54, 1.807) is 12.1 Å². The molecular weight excluding hydrogens is 305 g/mol. The van der Waals surface area contributed by atoms with Gasteiger partial charge in [-0.2, -0.15) is 0 Å². The van der Waals surface area contributed by atoms with Crippen molar-refractivity contribution in [3.8, 4) is 0 Å². The average Bonchev–Trinajstić information content (AvgIpc) is 2.81. The van der Waals surface area contributed by atoms with Crippen LogP contribution in [-0.4, -0.2) is 25.8 Å². The van der Waals surface area contributed by atoms with Gasteiger partial charge in [-0.3, -0.25) is 0 Å². The lowest BCUT2D eigenvalue weighted by atomic mass is 10.2. The van der Waals surface area contributed by atoms with E-state index in [2.05, 4.69) is 31.2 Å². The molecule has 1 aromatic carbocycles. The molecule has 1 aromatic heterocycles. The van der Waals surface area contributed by atoms with Crippen LogP contribution in [0.4, 0.5) is 4.39 Å². The zero-order chi connectivity index (χ0) is 13.1. The Morgan fingerprint density at radius 3 is 3.06 bits per heavy atom. The van der Waals surface area contributed by atoms with E-state index in [9.17, 15) is 4.39 Å². The lowest BCUT2D eigenvalue weighted by Crippen LogP contribution is -2.15. The monoisotopic (exact) mass is 313 g/mol. The molecule has 2 rings (SSSR count). The highest BCUT2D eigenvalue weighted by Gasteiger charge is 2.08. The molecule has 0 unspecified atom stereocenters. The fourth-order valence-corrected chi connectivity index (χ4v) is 1.78. The molecule has 1 heterocycles. The molecule has 0 aliphatic carbocycles. The Balaban J connectivity index is 2.24. The number of amidine groups is 1. The number of halogens is 2. The summed E-state index contributed by atoms with van der Waals surface area (Å²) in [5, 5.41) is 15.2. The molecular formula is C10H9BrFN5O. The molecule has 0 atom stereocenters. The highest BCUT2D eigenvalue weighted by Crippen LogP contribution is 2.16. The summed E-state index contributed by atoms with van der Waals surface area (Å²) in [6, 6.07) is 4.63. The number of oxime groups is 1. The summed E-state index contributed by atoms with van der Waals surface area (Å²) in [4.78, 5) is 3.84. The quantitative estimate of drug-likeness (QED) is 0.387. The highest BCUT2D eigenvalue weighted by atomic mass is 79.9. The van der Waals surface area contributed by atoms with Crippen molar-refractivity contribution in [1.29, 1.82) is 0 Å². The first kappa shape index (κ1) is 12.5. The molecule has 0 spiro atoms. The van der Waals surface area contributed by atoms with Crippen molar-refractivity contribution < 1.29 is 9.60 Å². The number of hydrogen-bond donors (Lipinski definition) is 2. The van der Waals surface area contributed by atoms with Gasteiger partial charge in [-0.25, -0.2) is 14.1 Å². The zero-order valence-electron chi connectivity index (χ0n) is 9.09. The maximum Gasteiger partial charge on any atom is 0.219 e. The van der Waals surface area contributed by atoms with E-state index in [4.69, 9.17) is 10.9 Å². The van der Waals surface area contributed by atoms with Gasteiger partial charge in [-0.15, -0.1) is 5.10 Å². The third-order valence-corrected chi connectivity index (χ3v) is 2.71. The maximum atomic E-state index is 13.5. The van der Waals surface area contributed by atoms with E-state index in [1.165, 1.54) is 17.1 Å². The van der Waals surface area contributed by atoms with Crippen molar-refractivity contribution in [1.82, 2.24) is 14.8 Å². The van der Waals surface area contributed by atoms with Gasteiger partial charge in [0.05, 0.1) is 6.54 Å². The summed E-state index contributed by atoms with van der Waals surface area (Å²) in [6.45, 7) is 0.205. The summed E-state index contributed by atoms with van der Waals surface area (Å²) >= 11 is 3.27. The standard InChI is InChI=1S/C10H9BrFN5O/c11-7-1-2-8(12)6(3-7)4-17-5-14-10(15-17)9(13)16-18/h1-3,5,18H,4H2,(H2,13,16). The van der Waals surface area contributed by atoms with Crippen molar-refractivity contribution in [2.75, 3.05) is 0 Å². The third kappa shape index (κ3) is 2.65. The summed E-state index contributed by atoms with van der Waals surface area (Å²) in [6.07, 6.45) is 1.38. The van der Waals surface area contributed by atoms with Crippen LogP contribution >= 0.6 is 15.9 Å². The number of nitrogens with zero attached hydrogens (tertiary/aromatic N) is 4. The normalized spacial score (nSPS) is 11.8. The van der Waals surface area contributed by atoms with E-state index in [0.29, 0.717) is 5.56 Å². The Morgan fingerprint density at radius 2 is 2.33 bits per heavy atom. The molecule has 0 aliphatic rings. The Labute approximate surface area is 110 Å². The van der Waals surface area contributed by atoms with E-state index in [-0.39, 0.29) is 24.0 Å². The predicted octanol–water partition coefficient (Wildman–Crippen LogP) is 1.32. The van der Waals surface area contributed by atoms with Gasteiger partial charge < -0.3 is 10.9 Å². The van der Waals surface area contributed by atoms with Crippen LogP contribution in [0.5, 0.6) is 0 Å². The van der Waals surface area contributed by atoms with Crippen molar-refractivity contribution in [3.63, 3.8) is 0 Å². The molecule has 0 fully saturated rings. The maximum absolute atomic E-state index is 13.5. The van der Waals surface area contributed by atoms with Gasteiger partial charge in [0.25, 0.3) is 0 Å². The minimum absolute atomic E-state index is 0.0907. The number of rotatable bonds is 3. The number of aromatic nitrogens is 3. The topological polar surface area (TPSA) is 89.3 Å². The molecule has 3 N–H and O–H groups in total. The summed E-state index contributed by atoms with van der Waals surface area (Å²) in [5.74, 6) is -0.435. The smallest absolute Gasteiger partial charge is 0.219 e. The molecule has 18 heavy (non-hydrogen) atoms. The van der Waals surface area contributed by atoms with Crippen LogP contribution < -0.4 is 5.73 Å². The second kappa shape index (κ2) is 5.13. The zero-order valence-corrected chi connectivity index (χ0v) is 10.7. The first-order valence-corrected chi connectivity index (χ1v) is 5.70. The minimum atomic E-state index is -0.334. The lowest BCUT2D eigenvalue weighted by molar-refractivity contribution is 0.318. The Morgan fingerprint density at radius 1 is 1.56 bits per heavy atom. The van der Waals surface area contributed by atoms with Gasteiger partial charge in [0.1, 0.15) is 12.1 Å². The first-order valence-electron chi connectivity index (χ1n) is 4.91. The molecule has 0 bridgehead atoms. The van der Waals surface area contributed by atoms with E-state index >= 15 is 0 Å². The fraction of sp³-hybridized carbons (Fsp3) is 0.100. The number of benzene rings is 1. The molecule has 0 radical (unpaired) electrons. The van der Waals surface area contributed by atoms with Crippen LogP contribution in [0.2, 0.25) is 0 Å². The van der Waals surface area contributed by atoms with Crippen LogP contribution in [0.3, 0.4) is 0 Å². The second-order valence-corrected chi connectivity index (χ2v) is 4.40. The number of nitrogens with two attached hydrogens (primary N) is 1. The highest BCUT2D eigenvalue weighted by molar-refractivity contribution is 9.10. The molecule has 0 aliphatic heterocycles. The van der Waals surface area contributed by atoms with Crippen LogP contribution in [0.25, 0.3) is 0 Å². The Bertz CT molecular complexity index is 598. The molecule has 0 amide bonds. The van der Waals surface area contributed by atoms with Crippen LogP contribution in [-0.2, 0) is 6.54 Å². The lowest BCUT2D eigenvalue weighted by Gasteiger charge is -2.03. The van der Waals surface area contributed by atoms with Gasteiger partial charge in [-0.05, 0) is 18.2 Å². The third-order valence-electron chi connectivity index (χ3n) is 2.21. The van der Waals surface area contributed by atoms with Crippen molar-refractivity contribution >= 4 is 21.8 Å². The molecule has 0 saturated carbocycles. The van der Waals surface area contributed by atoms with Gasteiger partial charge in [0.15, 0.2) is 0 Å². The Hall–Kier alpha value is -1.96. The molecule has 8 heteroatoms. The molecule has 0 saturated heterocycles. The largest absolute Gasteiger partial charge is 0.409 e. The van der Waals surface area contributed by atoms with E-state index < -0.39 is 0 Å². The van der Waals surface area contributed by atoms with E-state index in [1.807, 2.05) is 0 Å².